The van der Waals surface area contributed by atoms with Gasteiger partial charge in [0.25, 0.3) is 0 Å². The first-order valence-electron chi connectivity index (χ1n) is 3.16. The molecule has 0 spiro atoms. The van der Waals surface area contributed by atoms with Crippen LogP contribution in [0.5, 0.6) is 0 Å². The van der Waals surface area contributed by atoms with Crippen molar-refractivity contribution in [2.24, 2.45) is 0 Å². The predicted molar refractivity (Wildman–Crippen MR) is 32.7 cm³/mol. The molecule has 0 unspecified atom stereocenters. The van der Waals surface area contributed by atoms with E-state index in [-0.39, 0.29) is 0 Å². The molecular formula is C6H13NO. The summed E-state index contributed by atoms with van der Waals surface area (Å²) in [6.45, 7) is 2.96. The van der Waals surface area contributed by atoms with E-state index in [1.54, 1.807) is 0 Å². The Balaban J connectivity index is 2.17. The largest absolute Gasteiger partial charge is 0.366 e. The van der Waals surface area contributed by atoms with Crippen LogP contribution < -0.4 is 0 Å². The van der Waals surface area contributed by atoms with Crippen molar-refractivity contribution >= 4 is 0 Å². The van der Waals surface area contributed by atoms with Gasteiger partial charge in [0.2, 0.25) is 0 Å². The van der Waals surface area contributed by atoms with Gasteiger partial charge in [-0.05, 0) is 19.9 Å². The summed E-state index contributed by atoms with van der Waals surface area (Å²) in [6, 6.07) is 0. The molecular weight excluding hydrogens is 102 g/mol. The summed E-state index contributed by atoms with van der Waals surface area (Å²) in [5, 5.41) is 0. The van der Waals surface area contributed by atoms with Crippen molar-refractivity contribution in [3.63, 3.8) is 0 Å². The van der Waals surface area contributed by atoms with Gasteiger partial charge in [0.1, 0.15) is 0 Å². The van der Waals surface area contributed by atoms with E-state index in [1.165, 1.54) is 19.4 Å². The molecule has 0 aromatic carbocycles. The van der Waals surface area contributed by atoms with Crippen molar-refractivity contribution in [2.75, 3.05) is 26.9 Å². The van der Waals surface area contributed by atoms with Crippen LogP contribution in [0.2, 0.25) is 0 Å². The summed E-state index contributed by atoms with van der Waals surface area (Å²) in [5.41, 5.74) is 0. The molecule has 1 aliphatic rings. The lowest BCUT2D eigenvalue weighted by Gasteiger charge is -2.10. The van der Waals surface area contributed by atoms with Gasteiger partial charge in [-0.25, -0.2) is 0 Å². The van der Waals surface area contributed by atoms with Gasteiger partial charge in [0, 0.05) is 13.2 Å². The number of ether oxygens (including phenoxy) is 1. The van der Waals surface area contributed by atoms with Gasteiger partial charge < -0.3 is 4.74 Å². The molecule has 0 aliphatic carbocycles. The maximum absolute atomic E-state index is 5.23. The summed E-state index contributed by atoms with van der Waals surface area (Å²) < 4.78 is 5.23. The molecule has 0 radical (unpaired) electrons. The Hall–Kier alpha value is -0.0800. The molecule has 8 heavy (non-hydrogen) atoms. The molecule has 1 saturated heterocycles. The fraction of sp³-hybridized carbons (Fsp3) is 1.00. The third-order valence-electron chi connectivity index (χ3n) is 1.39. The highest BCUT2D eigenvalue weighted by Crippen LogP contribution is 1.98. The average Bonchev–Trinajstić information content (AvgIpc) is 1.94. The van der Waals surface area contributed by atoms with Crippen LogP contribution in [0.3, 0.4) is 0 Å². The van der Waals surface area contributed by atoms with E-state index in [9.17, 15) is 0 Å². The molecule has 1 heterocycles. The van der Waals surface area contributed by atoms with Gasteiger partial charge in [0.05, 0.1) is 6.73 Å². The Morgan fingerprint density at radius 1 is 1.38 bits per heavy atom. The number of nitrogens with zero attached hydrogens (tertiary/aromatic N) is 1. The summed E-state index contributed by atoms with van der Waals surface area (Å²) in [6.07, 6.45) is 2.51. The molecule has 0 bridgehead atoms. The number of rotatable bonds is 0. The molecule has 0 amide bonds. The third kappa shape index (κ3) is 1.80. The van der Waals surface area contributed by atoms with Gasteiger partial charge in [-0.3, -0.25) is 4.90 Å². The van der Waals surface area contributed by atoms with Gasteiger partial charge in [-0.15, -0.1) is 0 Å². The Bertz CT molecular complexity index is 57.5. The fourth-order valence-electron chi connectivity index (χ4n) is 0.871. The lowest BCUT2D eigenvalue weighted by atomic mass is 10.3. The molecule has 1 rings (SSSR count). The summed E-state index contributed by atoms with van der Waals surface area (Å²) in [5.74, 6) is 0. The summed E-state index contributed by atoms with van der Waals surface area (Å²) in [4.78, 5) is 2.20. The van der Waals surface area contributed by atoms with Crippen molar-refractivity contribution < 1.29 is 4.74 Å². The molecule has 0 aromatic rings. The maximum atomic E-state index is 5.23. The molecule has 0 aromatic heterocycles. The normalized spacial score (nSPS) is 25.1. The Morgan fingerprint density at radius 3 is 3.12 bits per heavy atom. The summed E-state index contributed by atoms with van der Waals surface area (Å²) in [7, 11) is 2.09. The minimum atomic E-state index is 0.819. The van der Waals surface area contributed by atoms with Crippen molar-refractivity contribution in [2.45, 2.75) is 12.8 Å². The molecule has 0 N–H and O–H groups in total. The minimum absolute atomic E-state index is 0.819. The van der Waals surface area contributed by atoms with Crippen LogP contribution in [0, 0.1) is 0 Å². The maximum Gasteiger partial charge on any atom is 0.0987 e. The van der Waals surface area contributed by atoms with Crippen LogP contribution in [0.1, 0.15) is 12.8 Å². The second kappa shape index (κ2) is 3.05. The van der Waals surface area contributed by atoms with Crippen LogP contribution in [0.15, 0.2) is 0 Å². The van der Waals surface area contributed by atoms with E-state index in [0.29, 0.717) is 0 Å². The average molecular weight is 115 g/mol. The highest BCUT2D eigenvalue weighted by atomic mass is 16.5. The predicted octanol–water partition coefficient (Wildman–Crippen LogP) is 0.686. The first kappa shape index (κ1) is 6.05. The quantitative estimate of drug-likeness (QED) is 0.460. The van der Waals surface area contributed by atoms with E-state index < -0.39 is 0 Å². The molecule has 0 atom stereocenters. The molecule has 1 aliphatic heterocycles. The lowest BCUT2D eigenvalue weighted by molar-refractivity contribution is 0.0647. The first-order chi connectivity index (χ1) is 3.89. The second-order valence-electron chi connectivity index (χ2n) is 2.32. The zero-order chi connectivity index (χ0) is 5.82. The zero-order valence-electron chi connectivity index (χ0n) is 5.39. The summed E-state index contributed by atoms with van der Waals surface area (Å²) >= 11 is 0. The Morgan fingerprint density at radius 2 is 2.25 bits per heavy atom. The van der Waals surface area contributed by atoms with Crippen molar-refractivity contribution in [3.8, 4) is 0 Å². The monoisotopic (exact) mass is 115 g/mol. The van der Waals surface area contributed by atoms with Crippen LogP contribution in [0.4, 0.5) is 0 Å². The van der Waals surface area contributed by atoms with Gasteiger partial charge in [-0.1, -0.05) is 0 Å². The van der Waals surface area contributed by atoms with Crippen LogP contribution in [0.25, 0.3) is 0 Å². The van der Waals surface area contributed by atoms with Crippen molar-refractivity contribution in [1.29, 1.82) is 0 Å². The van der Waals surface area contributed by atoms with Crippen molar-refractivity contribution in [3.05, 3.63) is 0 Å². The number of hydrogen-bond acceptors (Lipinski definition) is 2. The fourth-order valence-corrected chi connectivity index (χ4v) is 0.871. The van der Waals surface area contributed by atoms with E-state index in [1.807, 2.05) is 0 Å². The smallest absolute Gasteiger partial charge is 0.0987 e. The Kier molecular flexibility index (Phi) is 2.30. The van der Waals surface area contributed by atoms with Crippen LogP contribution in [-0.2, 0) is 4.74 Å². The second-order valence-corrected chi connectivity index (χ2v) is 2.32. The van der Waals surface area contributed by atoms with E-state index >= 15 is 0 Å². The van der Waals surface area contributed by atoms with Gasteiger partial charge >= 0.3 is 0 Å². The minimum Gasteiger partial charge on any atom is -0.366 e. The third-order valence-corrected chi connectivity index (χ3v) is 1.39. The topological polar surface area (TPSA) is 12.5 Å². The van der Waals surface area contributed by atoms with Crippen molar-refractivity contribution in [1.82, 2.24) is 4.90 Å². The van der Waals surface area contributed by atoms with E-state index in [4.69, 9.17) is 4.74 Å². The van der Waals surface area contributed by atoms with E-state index in [0.717, 1.165) is 13.3 Å². The SMILES string of the molecule is CN1CCCCOC1. The van der Waals surface area contributed by atoms with E-state index in [2.05, 4.69) is 11.9 Å². The highest BCUT2D eigenvalue weighted by Gasteiger charge is 2.01. The van der Waals surface area contributed by atoms with Gasteiger partial charge in [-0.2, -0.15) is 0 Å². The molecule has 48 valence electrons. The Labute approximate surface area is 50.4 Å². The molecule has 2 nitrogen and oxygen atoms in total. The zero-order valence-corrected chi connectivity index (χ0v) is 5.39. The number of hydrogen-bond donors (Lipinski definition) is 0. The highest BCUT2D eigenvalue weighted by molar-refractivity contribution is 4.50. The van der Waals surface area contributed by atoms with Crippen LogP contribution in [-0.4, -0.2) is 31.8 Å². The lowest BCUT2D eigenvalue weighted by Crippen LogP contribution is -2.19. The molecule has 0 saturated carbocycles. The standard InChI is InChI=1S/C6H13NO/c1-7-4-2-3-5-8-6-7/h2-6H2,1H3. The first-order valence-corrected chi connectivity index (χ1v) is 3.16. The molecule has 2 heteroatoms. The van der Waals surface area contributed by atoms with Gasteiger partial charge in [0.15, 0.2) is 0 Å². The molecule has 1 fully saturated rings. The van der Waals surface area contributed by atoms with Crippen LogP contribution >= 0.6 is 0 Å².